The van der Waals surface area contributed by atoms with Crippen LogP contribution in [0.1, 0.15) is 29.7 Å². The first-order valence-corrected chi connectivity index (χ1v) is 8.58. The van der Waals surface area contributed by atoms with Gasteiger partial charge < -0.3 is 15.0 Å². The van der Waals surface area contributed by atoms with Crippen molar-refractivity contribution >= 4 is 17.5 Å². The summed E-state index contributed by atoms with van der Waals surface area (Å²) in [6, 6.07) is 15.0. The lowest BCUT2D eigenvalue weighted by Gasteiger charge is -2.03. The number of hydrogen-bond donors (Lipinski definition) is 1. The van der Waals surface area contributed by atoms with Crippen molar-refractivity contribution in [2.75, 3.05) is 6.61 Å². The fraction of sp³-hybridized carbons (Fsp3) is 0.211. The number of carbonyl (C=O) groups is 1. The standard InChI is InChI=1S/C19H16ClN3O3/c20-13-5-1-11(2-6-13)15-9-16(15)19-22-18(23-26-19)12-3-7-14(8-4-12)25-10-17(21)24/h1-8,15-16H,9-10H2,(H2,21,24). The molecule has 1 aliphatic carbocycles. The van der Waals surface area contributed by atoms with Crippen LogP contribution in [0, 0.1) is 0 Å². The molecule has 1 heterocycles. The van der Waals surface area contributed by atoms with Gasteiger partial charge in [-0.15, -0.1) is 0 Å². The van der Waals surface area contributed by atoms with E-state index in [1.54, 1.807) is 12.1 Å². The number of nitrogens with two attached hydrogens (primary N) is 1. The number of benzene rings is 2. The lowest BCUT2D eigenvalue weighted by atomic mass is 10.1. The number of nitrogens with zero attached hydrogens (tertiary/aromatic N) is 2. The van der Waals surface area contributed by atoms with E-state index in [9.17, 15) is 4.79 Å². The number of carbonyl (C=O) groups excluding carboxylic acids is 1. The quantitative estimate of drug-likeness (QED) is 0.717. The fourth-order valence-electron chi connectivity index (χ4n) is 2.90. The maximum absolute atomic E-state index is 10.7. The molecule has 0 aliphatic heterocycles. The molecular formula is C19H16ClN3O3. The van der Waals surface area contributed by atoms with Gasteiger partial charge in [-0.1, -0.05) is 28.9 Å². The lowest BCUT2D eigenvalue weighted by Crippen LogP contribution is -2.19. The molecule has 7 heteroatoms. The van der Waals surface area contributed by atoms with Gasteiger partial charge in [-0.2, -0.15) is 4.98 Å². The van der Waals surface area contributed by atoms with E-state index in [4.69, 9.17) is 26.6 Å². The minimum absolute atomic E-state index is 0.153. The third-order valence-corrected chi connectivity index (χ3v) is 4.59. The highest BCUT2D eigenvalue weighted by atomic mass is 35.5. The van der Waals surface area contributed by atoms with Crippen molar-refractivity contribution in [3.05, 3.63) is 65.0 Å². The van der Waals surface area contributed by atoms with Crippen molar-refractivity contribution in [3.63, 3.8) is 0 Å². The highest BCUT2D eigenvalue weighted by Gasteiger charge is 2.43. The first kappa shape index (κ1) is 16.6. The van der Waals surface area contributed by atoms with Crippen molar-refractivity contribution < 1.29 is 14.1 Å². The molecule has 0 radical (unpaired) electrons. The molecular weight excluding hydrogens is 354 g/mol. The predicted octanol–water partition coefficient (Wildman–Crippen LogP) is 3.53. The smallest absolute Gasteiger partial charge is 0.255 e. The SMILES string of the molecule is NC(=O)COc1ccc(-c2noc(C3CC3c3ccc(Cl)cc3)n2)cc1. The summed E-state index contributed by atoms with van der Waals surface area (Å²) in [7, 11) is 0. The van der Waals surface area contributed by atoms with Gasteiger partial charge in [-0.3, -0.25) is 4.79 Å². The van der Waals surface area contributed by atoms with Crippen LogP contribution in [0.25, 0.3) is 11.4 Å². The Bertz CT molecular complexity index is 922. The number of amides is 1. The Labute approximate surface area is 154 Å². The third-order valence-electron chi connectivity index (χ3n) is 4.34. The maximum atomic E-state index is 10.7. The van der Waals surface area contributed by atoms with Gasteiger partial charge in [0.1, 0.15) is 5.75 Å². The number of primary amides is 1. The Morgan fingerprint density at radius 2 is 1.88 bits per heavy atom. The summed E-state index contributed by atoms with van der Waals surface area (Å²) >= 11 is 5.93. The Hall–Kier alpha value is -2.86. The molecule has 0 spiro atoms. The number of rotatable bonds is 6. The molecule has 2 atom stereocenters. The zero-order chi connectivity index (χ0) is 18.1. The van der Waals surface area contributed by atoms with Crippen LogP contribution >= 0.6 is 11.6 Å². The van der Waals surface area contributed by atoms with E-state index in [1.165, 1.54) is 5.56 Å². The summed E-state index contributed by atoms with van der Waals surface area (Å²) in [6.07, 6.45) is 0.989. The Balaban J connectivity index is 1.43. The molecule has 1 amide bonds. The molecule has 2 aromatic carbocycles. The van der Waals surface area contributed by atoms with Crippen molar-refractivity contribution in [1.29, 1.82) is 0 Å². The van der Waals surface area contributed by atoms with E-state index in [0.29, 0.717) is 23.4 Å². The van der Waals surface area contributed by atoms with Gasteiger partial charge in [0, 0.05) is 16.5 Å². The molecule has 1 aliphatic rings. The van der Waals surface area contributed by atoms with E-state index in [-0.39, 0.29) is 12.5 Å². The Morgan fingerprint density at radius 1 is 1.15 bits per heavy atom. The van der Waals surface area contributed by atoms with E-state index in [2.05, 4.69) is 10.1 Å². The summed E-state index contributed by atoms with van der Waals surface area (Å²) in [5.41, 5.74) is 7.10. The van der Waals surface area contributed by atoms with Crippen LogP contribution in [0.4, 0.5) is 0 Å². The van der Waals surface area contributed by atoms with Gasteiger partial charge >= 0.3 is 0 Å². The first-order chi connectivity index (χ1) is 12.6. The molecule has 2 unspecified atom stereocenters. The number of halogens is 1. The predicted molar refractivity (Wildman–Crippen MR) is 96.0 cm³/mol. The minimum atomic E-state index is -0.517. The van der Waals surface area contributed by atoms with Gasteiger partial charge in [0.05, 0.1) is 0 Å². The average Bonchev–Trinajstić information content (AvgIpc) is 3.29. The fourth-order valence-corrected chi connectivity index (χ4v) is 3.03. The van der Waals surface area contributed by atoms with Gasteiger partial charge in [-0.25, -0.2) is 0 Å². The van der Waals surface area contributed by atoms with Crippen molar-refractivity contribution in [1.82, 2.24) is 10.1 Å². The topological polar surface area (TPSA) is 91.2 Å². The normalized spacial score (nSPS) is 18.5. The largest absolute Gasteiger partial charge is 0.484 e. The van der Waals surface area contributed by atoms with E-state index < -0.39 is 5.91 Å². The van der Waals surface area contributed by atoms with Crippen LogP contribution in [-0.4, -0.2) is 22.7 Å². The second-order valence-corrected chi connectivity index (χ2v) is 6.67. The Morgan fingerprint density at radius 3 is 2.58 bits per heavy atom. The monoisotopic (exact) mass is 369 g/mol. The van der Waals surface area contributed by atoms with Crippen molar-refractivity contribution in [2.45, 2.75) is 18.3 Å². The highest BCUT2D eigenvalue weighted by Crippen LogP contribution is 2.54. The summed E-state index contributed by atoms with van der Waals surface area (Å²) in [4.78, 5) is 15.3. The number of hydrogen-bond acceptors (Lipinski definition) is 5. The van der Waals surface area contributed by atoms with Gasteiger partial charge in [0.25, 0.3) is 5.91 Å². The van der Waals surface area contributed by atoms with Crippen LogP contribution in [-0.2, 0) is 4.79 Å². The molecule has 4 rings (SSSR count). The lowest BCUT2D eigenvalue weighted by molar-refractivity contribution is -0.119. The zero-order valence-corrected chi connectivity index (χ0v) is 14.5. The van der Waals surface area contributed by atoms with Gasteiger partial charge in [0.2, 0.25) is 11.7 Å². The highest BCUT2D eigenvalue weighted by molar-refractivity contribution is 6.30. The summed E-state index contributed by atoms with van der Waals surface area (Å²) in [5, 5.41) is 4.80. The molecule has 3 aromatic rings. The first-order valence-electron chi connectivity index (χ1n) is 8.21. The zero-order valence-electron chi connectivity index (χ0n) is 13.8. The van der Waals surface area contributed by atoms with Gasteiger partial charge in [0.15, 0.2) is 6.61 Å². The Kier molecular flexibility index (Phi) is 4.34. The van der Waals surface area contributed by atoms with Crippen LogP contribution in [0.3, 0.4) is 0 Å². The van der Waals surface area contributed by atoms with E-state index >= 15 is 0 Å². The van der Waals surface area contributed by atoms with Crippen LogP contribution < -0.4 is 10.5 Å². The van der Waals surface area contributed by atoms with Gasteiger partial charge in [-0.05, 0) is 54.3 Å². The molecule has 1 fully saturated rings. The third kappa shape index (κ3) is 3.55. The van der Waals surface area contributed by atoms with Crippen LogP contribution in [0.2, 0.25) is 5.02 Å². The molecule has 6 nitrogen and oxygen atoms in total. The second-order valence-electron chi connectivity index (χ2n) is 6.24. The van der Waals surface area contributed by atoms with Crippen molar-refractivity contribution in [3.8, 4) is 17.1 Å². The maximum Gasteiger partial charge on any atom is 0.255 e. The van der Waals surface area contributed by atoms with E-state index in [1.807, 2.05) is 36.4 Å². The molecule has 0 saturated heterocycles. The van der Waals surface area contributed by atoms with Crippen LogP contribution in [0.15, 0.2) is 53.1 Å². The number of ether oxygens (including phenoxy) is 1. The summed E-state index contributed by atoms with van der Waals surface area (Å²) in [5.74, 6) is 1.86. The van der Waals surface area contributed by atoms with Crippen LogP contribution in [0.5, 0.6) is 5.75 Å². The number of aromatic nitrogens is 2. The summed E-state index contributed by atoms with van der Waals surface area (Å²) < 4.78 is 10.7. The van der Waals surface area contributed by atoms with Crippen molar-refractivity contribution in [2.24, 2.45) is 5.73 Å². The molecule has 26 heavy (non-hydrogen) atoms. The summed E-state index contributed by atoms with van der Waals surface area (Å²) in [6.45, 7) is -0.153. The molecule has 2 N–H and O–H groups in total. The second kappa shape index (κ2) is 6.80. The molecule has 1 saturated carbocycles. The average molecular weight is 370 g/mol. The van der Waals surface area contributed by atoms with E-state index in [0.717, 1.165) is 17.0 Å². The molecule has 0 bridgehead atoms. The molecule has 132 valence electrons. The minimum Gasteiger partial charge on any atom is -0.484 e. The molecule has 1 aromatic heterocycles.